The van der Waals surface area contributed by atoms with Crippen LogP contribution in [0.3, 0.4) is 0 Å². The first-order valence-corrected chi connectivity index (χ1v) is 11.4. The Balaban J connectivity index is 1.46. The Labute approximate surface area is 204 Å². The Kier molecular flexibility index (Phi) is 6.11. The highest BCUT2D eigenvalue weighted by molar-refractivity contribution is 5.69. The normalized spacial score (nSPS) is 15.9. The lowest BCUT2D eigenvalue weighted by Gasteiger charge is -2.25. The van der Waals surface area contributed by atoms with Crippen LogP contribution in [-0.2, 0) is 12.7 Å². The molecule has 36 heavy (non-hydrogen) atoms. The van der Waals surface area contributed by atoms with E-state index in [0.717, 1.165) is 11.8 Å². The molecule has 0 aliphatic carbocycles. The van der Waals surface area contributed by atoms with Crippen molar-refractivity contribution in [1.29, 1.82) is 0 Å². The molecule has 0 radical (unpaired) electrons. The number of hydrogen-bond donors (Lipinski definition) is 0. The van der Waals surface area contributed by atoms with E-state index in [1.807, 2.05) is 6.92 Å². The van der Waals surface area contributed by atoms with Crippen molar-refractivity contribution in [3.8, 4) is 11.4 Å². The van der Waals surface area contributed by atoms with E-state index >= 15 is 0 Å². The molecule has 0 spiro atoms. The predicted molar refractivity (Wildman–Crippen MR) is 126 cm³/mol. The minimum absolute atomic E-state index is 0.190. The first kappa shape index (κ1) is 23.8. The van der Waals surface area contributed by atoms with Crippen molar-refractivity contribution in [1.82, 2.24) is 24.3 Å². The number of nitrogens with zero attached hydrogens (tertiary/aromatic N) is 5. The van der Waals surface area contributed by atoms with E-state index in [1.54, 1.807) is 40.0 Å². The Morgan fingerprint density at radius 3 is 2.67 bits per heavy atom. The van der Waals surface area contributed by atoms with Gasteiger partial charge in [0.2, 0.25) is 0 Å². The second-order valence-corrected chi connectivity index (χ2v) is 8.63. The monoisotopic (exact) mass is 497 g/mol. The van der Waals surface area contributed by atoms with Gasteiger partial charge in [0.05, 0.1) is 30.4 Å². The smallest absolute Gasteiger partial charge is 0.416 e. The van der Waals surface area contributed by atoms with Crippen molar-refractivity contribution >= 4 is 12.2 Å². The molecule has 186 valence electrons. The molecule has 1 aliphatic heterocycles. The van der Waals surface area contributed by atoms with E-state index in [4.69, 9.17) is 4.74 Å². The van der Waals surface area contributed by atoms with Crippen molar-refractivity contribution in [2.45, 2.75) is 38.4 Å². The number of fused-ring (bicyclic) bond motifs is 1. The van der Waals surface area contributed by atoms with E-state index in [-0.39, 0.29) is 11.1 Å². The molecule has 2 aromatic carbocycles. The van der Waals surface area contributed by atoms with Crippen molar-refractivity contribution in [2.75, 3.05) is 7.11 Å². The lowest BCUT2D eigenvalue weighted by Crippen LogP contribution is -2.21. The van der Waals surface area contributed by atoms with Gasteiger partial charge >= 0.3 is 6.18 Å². The van der Waals surface area contributed by atoms with Gasteiger partial charge in [-0.05, 0) is 49.6 Å². The highest BCUT2D eigenvalue weighted by Crippen LogP contribution is 2.40. The molecule has 0 fully saturated rings. The third-order valence-corrected chi connectivity index (χ3v) is 6.23. The summed E-state index contributed by atoms with van der Waals surface area (Å²) < 4.78 is 64.6. The highest BCUT2D eigenvalue weighted by Gasteiger charge is 2.37. The van der Waals surface area contributed by atoms with Crippen molar-refractivity contribution in [3.63, 3.8) is 0 Å². The van der Waals surface area contributed by atoms with Crippen molar-refractivity contribution < 1.29 is 22.3 Å². The van der Waals surface area contributed by atoms with Crippen LogP contribution in [0.1, 0.15) is 52.8 Å². The average molecular weight is 497 g/mol. The molecule has 0 bridgehead atoms. The second kappa shape index (κ2) is 9.25. The van der Waals surface area contributed by atoms with Crippen LogP contribution in [0, 0.1) is 12.7 Å². The summed E-state index contributed by atoms with van der Waals surface area (Å²) in [6.07, 6.45) is 3.18. The quantitative estimate of drug-likeness (QED) is 0.316. The molecule has 0 unspecified atom stereocenters. The number of benzene rings is 2. The Hall–Kier alpha value is -3.95. The minimum atomic E-state index is -4.46. The van der Waals surface area contributed by atoms with E-state index in [2.05, 4.69) is 15.1 Å². The maximum Gasteiger partial charge on any atom is 0.416 e. The summed E-state index contributed by atoms with van der Waals surface area (Å²) in [5.41, 5.74) is 1.09. The average Bonchev–Trinajstić information content (AvgIpc) is 3.48. The van der Waals surface area contributed by atoms with Gasteiger partial charge in [0.15, 0.2) is 5.82 Å². The van der Waals surface area contributed by atoms with Crippen LogP contribution in [0.25, 0.3) is 17.8 Å². The first-order chi connectivity index (χ1) is 17.2. The van der Waals surface area contributed by atoms with Crippen LogP contribution < -0.4 is 4.74 Å². The number of ether oxygens (including phenoxy) is 1. The Bertz CT molecular complexity index is 1440. The number of alkyl halides is 3. The maximum atomic E-state index is 14.9. The molecule has 1 aliphatic rings. The van der Waals surface area contributed by atoms with Crippen LogP contribution >= 0.6 is 0 Å². The lowest BCUT2D eigenvalue weighted by molar-refractivity contribution is -0.138. The van der Waals surface area contributed by atoms with Gasteiger partial charge < -0.3 is 9.30 Å². The summed E-state index contributed by atoms with van der Waals surface area (Å²) in [6, 6.07) is 8.50. The summed E-state index contributed by atoms with van der Waals surface area (Å²) in [5, 5.41) is 4.45. The van der Waals surface area contributed by atoms with Gasteiger partial charge in [-0.3, -0.25) is 0 Å². The predicted octanol–water partition coefficient (Wildman–Crippen LogP) is 6.03. The molecule has 0 amide bonds. The summed E-state index contributed by atoms with van der Waals surface area (Å²) in [4.78, 5) is 8.68. The maximum absolute atomic E-state index is 14.9. The fourth-order valence-electron chi connectivity index (χ4n) is 4.56. The van der Waals surface area contributed by atoms with Gasteiger partial charge in [-0.2, -0.15) is 18.3 Å². The van der Waals surface area contributed by atoms with Gasteiger partial charge in [-0.25, -0.2) is 19.0 Å². The number of aromatic nitrogens is 5. The molecule has 2 aromatic heterocycles. The number of rotatable bonds is 5. The fourth-order valence-corrected chi connectivity index (χ4v) is 4.56. The minimum Gasteiger partial charge on any atom is -0.495 e. The van der Waals surface area contributed by atoms with Crippen LogP contribution in [-0.4, -0.2) is 31.4 Å². The third kappa shape index (κ3) is 4.50. The Morgan fingerprint density at radius 2 is 1.94 bits per heavy atom. The fraction of sp³-hybridized carbons (Fsp3) is 0.269. The molecule has 0 saturated heterocycles. The molecular formula is C26H23F4N5O. The molecule has 0 N–H and O–H groups in total. The zero-order valence-corrected chi connectivity index (χ0v) is 19.6. The molecular weight excluding hydrogens is 474 g/mol. The van der Waals surface area contributed by atoms with Crippen molar-refractivity contribution in [2.24, 2.45) is 0 Å². The first-order valence-electron chi connectivity index (χ1n) is 11.4. The van der Waals surface area contributed by atoms with Gasteiger partial charge in [0.1, 0.15) is 17.4 Å². The number of methoxy groups -OCH3 is 1. The van der Waals surface area contributed by atoms with E-state index in [9.17, 15) is 17.6 Å². The van der Waals surface area contributed by atoms with Gasteiger partial charge in [-0.15, -0.1) is 0 Å². The van der Waals surface area contributed by atoms with Gasteiger partial charge in [0, 0.05) is 30.3 Å². The summed E-state index contributed by atoms with van der Waals surface area (Å²) in [7, 11) is 1.50. The lowest BCUT2D eigenvalue weighted by atomic mass is 9.88. The molecule has 5 rings (SSSR count). The Morgan fingerprint density at radius 1 is 1.14 bits per heavy atom. The van der Waals surface area contributed by atoms with E-state index < -0.39 is 23.5 Å². The number of aryl methyl sites for hydroxylation is 2. The zero-order chi connectivity index (χ0) is 25.4. The number of imidazole rings is 1. The van der Waals surface area contributed by atoms with E-state index in [0.29, 0.717) is 42.5 Å². The molecule has 6 nitrogen and oxygen atoms in total. The van der Waals surface area contributed by atoms with Crippen LogP contribution in [0.15, 0.2) is 48.9 Å². The zero-order valence-electron chi connectivity index (χ0n) is 19.6. The standard InChI is InChI=1S/C26H23F4N5O/c1-16-14-34(15-31-16)22-13-21(27)17(12-23(22)36-2)9-10-24-32-25-19(7-5-11-35(25)33-24)18-6-3-4-8-20(18)26(28,29)30/h3-4,6,8-10,12-15,19H,5,7,11H2,1-2H3/b10-9+/t19-/m0/s1. The number of hydrogen-bond acceptors (Lipinski definition) is 4. The molecule has 1 atom stereocenters. The molecule has 4 aromatic rings. The molecule has 0 saturated carbocycles. The van der Waals surface area contributed by atoms with Gasteiger partial charge in [-0.1, -0.05) is 18.2 Å². The molecule has 3 heterocycles. The second-order valence-electron chi connectivity index (χ2n) is 8.63. The highest BCUT2D eigenvalue weighted by atomic mass is 19.4. The van der Waals surface area contributed by atoms with Crippen LogP contribution in [0.5, 0.6) is 5.75 Å². The topological polar surface area (TPSA) is 57.8 Å². The molecule has 10 heteroatoms. The van der Waals surface area contributed by atoms with E-state index in [1.165, 1.54) is 31.4 Å². The summed E-state index contributed by atoms with van der Waals surface area (Å²) in [6.45, 7) is 2.39. The largest absolute Gasteiger partial charge is 0.495 e. The third-order valence-electron chi connectivity index (χ3n) is 6.23. The van der Waals surface area contributed by atoms with Crippen molar-refractivity contribution in [3.05, 3.63) is 88.8 Å². The SMILES string of the molecule is COc1cc(/C=C/c2nc3n(n2)CCC[C@H]3c2ccccc2C(F)(F)F)c(F)cc1-n1cnc(C)c1. The summed E-state index contributed by atoms with van der Waals surface area (Å²) >= 11 is 0. The number of halogens is 4. The van der Waals surface area contributed by atoms with Gasteiger partial charge in [0.25, 0.3) is 0 Å². The van der Waals surface area contributed by atoms with Crippen LogP contribution in [0.2, 0.25) is 0 Å². The van der Waals surface area contributed by atoms with Crippen LogP contribution in [0.4, 0.5) is 17.6 Å². The summed E-state index contributed by atoms with van der Waals surface area (Å²) in [5.74, 6) is 0.222.